The Kier molecular flexibility index (Phi) is 2.22. The Labute approximate surface area is 61.3 Å². The van der Waals surface area contributed by atoms with Crippen molar-refractivity contribution in [3.63, 3.8) is 0 Å². The summed E-state index contributed by atoms with van der Waals surface area (Å²) in [5.74, 6) is 0.253. The molecular formula is C8H13NO. The van der Waals surface area contributed by atoms with Crippen molar-refractivity contribution in [2.75, 3.05) is 13.1 Å². The van der Waals surface area contributed by atoms with Crippen LogP contribution in [0.2, 0.25) is 0 Å². The molecule has 0 saturated heterocycles. The predicted octanol–water partition coefficient (Wildman–Crippen LogP) is 0.885. The van der Waals surface area contributed by atoms with E-state index >= 15 is 0 Å². The zero-order valence-corrected chi connectivity index (χ0v) is 6.53. The lowest BCUT2D eigenvalue weighted by molar-refractivity contribution is -0.115. The van der Waals surface area contributed by atoms with Crippen molar-refractivity contribution in [3.8, 4) is 0 Å². The number of Topliss-reactive ketones (excluding diaryl/α,β-unsaturated/α-hetero) is 1. The quantitative estimate of drug-likeness (QED) is 0.584. The molecule has 0 aliphatic carbocycles. The van der Waals surface area contributed by atoms with Crippen molar-refractivity contribution in [1.29, 1.82) is 0 Å². The molecule has 1 aliphatic heterocycles. The first-order valence-corrected chi connectivity index (χ1v) is 3.68. The lowest BCUT2D eigenvalue weighted by Crippen LogP contribution is -2.31. The van der Waals surface area contributed by atoms with Gasteiger partial charge in [0, 0.05) is 6.54 Å². The van der Waals surface area contributed by atoms with Crippen molar-refractivity contribution in [3.05, 3.63) is 11.1 Å². The molecule has 0 saturated carbocycles. The number of nitrogens with one attached hydrogen (secondary N) is 1. The van der Waals surface area contributed by atoms with Crippen LogP contribution >= 0.6 is 0 Å². The lowest BCUT2D eigenvalue weighted by atomic mass is 10.0. The van der Waals surface area contributed by atoms with E-state index in [1.807, 2.05) is 6.92 Å². The molecule has 2 nitrogen and oxygen atoms in total. The largest absolute Gasteiger partial charge is 0.306 e. The van der Waals surface area contributed by atoms with Gasteiger partial charge in [-0.3, -0.25) is 4.79 Å². The fraction of sp³-hybridized carbons (Fsp3) is 0.625. The van der Waals surface area contributed by atoms with E-state index < -0.39 is 0 Å². The van der Waals surface area contributed by atoms with Gasteiger partial charge in [0.25, 0.3) is 0 Å². The summed E-state index contributed by atoms with van der Waals surface area (Å²) >= 11 is 0. The third-order valence-corrected chi connectivity index (χ3v) is 2.00. The molecule has 0 bridgehead atoms. The summed E-state index contributed by atoms with van der Waals surface area (Å²) in [5, 5.41) is 3.06. The second-order valence-corrected chi connectivity index (χ2v) is 2.61. The fourth-order valence-electron chi connectivity index (χ4n) is 1.18. The van der Waals surface area contributed by atoms with E-state index in [2.05, 4.69) is 12.2 Å². The van der Waals surface area contributed by atoms with Gasteiger partial charge in [0.2, 0.25) is 0 Å². The molecule has 1 N–H and O–H groups in total. The Morgan fingerprint density at radius 3 is 2.70 bits per heavy atom. The molecule has 0 radical (unpaired) electrons. The van der Waals surface area contributed by atoms with Crippen molar-refractivity contribution in [2.45, 2.75) is 20.3 Å². The van der Waals surface area contributed by atoms with Crippen LogP contribution in [0.25, 0.3) is 0 Å². The average Bonchev–Trinajstić information content (AvgIpc) is 1.95. The first-order chi connectivity index (χ1) is 4.75. The smallest absolute Gasteiger partial charge is 0.172 e. The van der Waals surface area contributed by atoms with E-state index in [1.165, 1.54) is 5.57 Å². The summed E-state index contributed by atoms with van der Waals surface area (Å²) in [4.78, 5) is 11.0. The van der Waals surface area contributed by atoms with E-state index in [0.29, 0.717) is 6.54 Å². The summed E-state index contributed by atoms with van der Waals surface area (Å²) in [6.07, 6.45) is 0.991. The molecule has 0 aromatic carbocycles. The average molecular weight is 139 g/mol. The van der Waals surface area contributed by atoms with E-state index in [1.54, 1.807) is 0 Å². The number of rotatable bonds is 1. The SMILES string of the molecule is CCC1=C(C)C(=O)CNC1. The maximum atomic E-state index is 11.0. The van der Waals surface area contributed by atoms with Gasteiger partial charge in [-0.05, 0) is 18.9 Å². The van der Waals surface area contributed by atoms with Crippen LogP contribution in [0.4, 0.5) is 0 Å². The number of carbonyl (C=O) groups is 1. The number of hydrogen-bond donors (Lipinski definition) is 1. The molecule has 10 heavy (non-hydrogen) atoms. The van der Waals surface area contributed by atoms with Gasteiger partial charge in [0.15, 0.2) is 5.78 Å². The van der Waals surface area contributed by atoms with E-state index in [0.717, 1.165) is 18.5 Å². The highest BCUT2D eigenvalue weighted by atomic mass is 16.1. The fourth-order valence-corrected chi connectivity index (χ4v) is 1.18. The molecular weight excluding hydrogens is 126 g/mol. The van der Waals surface area contributed by atoms with Gasteiger partial charge in [0.05, 0.1) is 6.54 Å². The van der Waals surface area contributed by atoms with Gasteiger partial charge in [0.1, 0.15) is 0 Å². The molecule has 1 heterocycles. The van der Waals surface area contributed by atoms with E-state index in [-0.39, 0.29) is 5.78 Å². The molecule has 0 spiro atoms. The van der Waals surface area contributed by atoms with Crippen LogP contribution in [0, 0.1) is 0 Å². The maximum Gasteiger partial charge on any atom is 0.172 e. The van der Waals surface area contributed by atoms with Crippen molar-refractivity contribution in [2.24, 2.45) is 0 Å². The molecule has 56 valence electrons. The molecule has 0 unspecified atom stereocenters. The Morgan fingerprint density at radius 1 is 1.50 bits per heavy atom. The summed E-state index contributed by atoms with van der Waals surface area (Å²) in [5.41, 5.74) is 2.23. The molecule has 0 atom stereocenters. The monoisotopic (exact) mass is 139 g/mol. The predicted molar refractivity (Wildman–Crippen MR) is 40.9 cm³/mol. The lowest BCUT2D eigenvalue weighted by Gasteiger charge is -2.16. The van der Waals surface area contributed by atoms with Crippen molar-refractivity contribution in [1.82, 2.24) is 5.32 Å². The van der Waals surface area contributed by atoms with Gasteiger partial charge in [-0.25, -0.2) is 0 Å². The van der Waals surface area contributed by atoms with E-state index in [9.17, 15) is 4.79 Å². The Hall–Kier alpha value is -0.630. The molecule has 0 aromatic heterocycles. The van der Waals surface area contributed by atoms with Crippen LogP contribution in [0.5, 0.6) is 0 Å². The second-order valence-electron chi connectivity index (χ2n) is 2.61. The van der Waals surface area contributed by atoms with Gasteiger partial charge in [-0.2, -0.15) is 0 Å². The van der Waals surface area contributed by atoms with Gasteiger partial charge in [-0.1, -0.05) is 12.5 Å². The minimum absolute atomic E-state index is 0.253. The highest BCUT2D eigenvalue weighted by molar-refractivity contribution is 5.97. The molecule has 2 heteroatoms. The van der Waals surface area contributed by atoms with Gasteiger partial charge in [-0.15, -0.1) is 0 Å². The Bertz CT molecular complexity index is 182. The van der Waals surface area contributed by atoms with Gasteiger partial charge < -0.3 is 5.32 Å². The summed E-state index contributed by atoms with van der Waals surface area (Å²) in [6.45, 7) is 5.42. The highest BCUT2D eigenvalue weighted by Crippen LogP contribution is 2.11. The van der Waals surface area contributed by atoms with Crippen LogP contribution in [0.1, 0.15) is 20.3 Å². The van der Waals surface area contributed by atoms with Crippen LogP contribution in [-0.2, 0) is 4.79 Å². The standard InChI is InChI=1S/C8H13NO/c1-3-7-4-9-5-8(10)6(7)2/h9H,3-5H2,1-2H3. The zero-order valence-electron chi connectivity index (χ0n) is 6.53. The topological polar surface area (TPSA) is 29.1 Å². The van der Waals surface area contributed by atoms with Crippen LogP contribution in [0.3, 0.4) is 0 Å². The second kappa shape index (κ2) is 2.97. The summed E-state index contributed by atoms with van der Waals surface area (Å²) in [7, 11) is 0. The summed E-state index contributed by atoms with van der Waals surface area (Å²) < 4.78 is 0. The van der Waals surface area contributed by atoms with Crippen molar-refractivity contribution < 1.29 is 4.79 Å². The molecule has 0 amide bonds. The first kappa shape index (κ1) is 7.48. The minimum atomic E-state index is 0.253. The number of ketones is 1. The molecule has 1 aliphatic rings. The van der Waals surface area contributed by atoms with Crippen molar-refractivity contribution >= 4 is 5.78 Å². The van der Waals surface area contributed by atoms with Gasteiger partial charge >= 0.3 is 0 Å². The normalized spacial score (nSPS) is 20.0. The highest BCUT2D eigenvalue weighted by Gasteiger charge is 2.13. The number of hydrogen-bond acceptors (Lipinski definition) is 2. The first-order valence-electron chi connectivity index (χ1n) is 3.68. The third-order valence-electron chi connectivity index (χ3n) is 2.00. The summed E-state index contributed by atoms with van der Waals surface area (Å²) in [6, 6.07) is 0. The molecule has 0 aromatic rings. The zero-order chi connectivity index (χ0) is 7.56. The minimum Gasteiger partial charge on any atom is -0.306 e. The van der Waals surface area contributed by atoms with E-state index in [4.69, 9.17) is 0 Å². The van der Waals surface area contributed by atoms with Crippen LogP contribution in [-0.4, -0.2) is 18.9 Å². The number of carbonyl (C=O) groups excluding carboxylic acids is 1. The molecule has 0 fully saturated rings. The Morgan fingerprint density at radius 2 is 2.20 bits per heavy atom. The van der Waals surface area contributed by atoms with Crippen LogP contribution < -0.4 is 5.32 Å². The maximum absolute atomic E-state index is 11.0. The Balaban J connectivity index is 2.82. The molecule has 1 rings (SSSR count). The third kappa shape index (κ3) is 1.27. The van der Waals surface area contributed by atoms with Crippen LogP contribution in [0.15, 0.2) is 11.1 Å².